The van der Waals surface area contributed by atoms with E-state index >= 15 is 0 Å². The highest BCUT2D eigenvalue weighted by Gasteiger charge is 2.18. The van der Waals surface area contributed by atoms with Crippen molar-refractivity contribution in [2.75, 3.05) is 0 Å². The van der Waals surface area contributed by atoms with Gasteiger partial charge < -0.3 is 4.11 Å². The average molecular weight is 242 g/mol. The predicted octanol–water partition coefficient (Wildman–Crippen LogP) is 3.53. The second-order valence-electron chi connectivity index (χ2n) is 4.42. The van der Waals surface area contributed by atoms with Gasteiger partial charge in [-0.3, -0.25) is 0 Å². The molecule has 0 nitrogen and oxygen atoms in total. The van der Waals surface area contributed by atoms with Gasteiger partial charge in [0.25, 0.3) is 0 Å². The van der Waals surface area contributed by atoms with Crippen molar-refractivity contribution in [2.24, 2.45) is 0 Å². The van der Waals surface area contributed by atoms with E-state index in [4.69, 9.17) is 0 Å². The van der Waals surface area contributed by atoms with Gasteiger partial charge in [0.1, 0.15) is 9.52 Å². The summed E-state index contributed by atoms with van der Waals surface area (Å²) < 4.78 is 36.7. The summed E-state index contributed by atoms with van der Waals surface area (Å²) in [4.78, 5) is 0. The molecule has 0 bridgehead atoms. The highest BCUT2D eigenvalue weighted by Crippen LogP contribution is 2.16. The van der Waals surface area contributed by atoms with Crippen molar-refractivity contribution in [1.82, 2.24) is 0 Å². The molecule has 5 heteroatoms. The Morgan fingerprint density at radius 2 is 1.64 bits per heavy atom. The summed E-state index contributed by atoms with van der Waals surface area (Å²) >= 11 is 0. The standard InChI is InChI=1S/C9H21F3Si2/c1-14(2,12)8-6-4-3-5-7-13-9(10)11/h9H,3-8,13H2,1-2H3. The normalized spacial score (nSPS) is 13.3. The molecule has 0 saturated heterocycles. The lowest BCUT2D eigenvalue weighted by molar-refractivity contribution is 0.237. The lowest BCUT2D eigenvalue weighted by Crippen LogP contribution is -2.16. The molecule has 0 aliphatic carbocycles. The third kappa shape index (κ3) is 12.2. The molecule has 0 spiro atoms. The number of hydrogen-bond donors (Lipinski definition) is 0. The molecule has 86 valence electrons. The van der Waals surface area contributed by atoms with Gasteiger partial charge in [-0.15, -0.1) is 0 Å². The summed E-state index contributed by atoms with van der Waals surface area (Å²) in [5.41, 5.74) is 0. The van der Waals surface area contributed by atoms with E-state index in [1.54, 1.807) is 13.1 Å². The van der Waals surface area contributed by atoms with E-state index in [0.29, 0.717) is 0 Å². The molecule has 0 radical (unpaired) electrons. The number of halogens is 3. The first-order valence-electron chi connectivity index (χ1n) is 5.39. The summed E-state index contributed by atoms with van der Waals surface area (Å²) in [6, 6.07) is -0.555. The van der Waals surface area contributed by atoms with Crippen molar-refractivity contribution in [1.29, 1.82) is 0 Å². The molecule has 0 aliphatic rings. The maximum absolute atomic E-state index is 13.1. The zero-order chi connectivity index (χ0) is 11.0. The van der Waals surface area contributed by atoms with Crippen LogP contribution in [0.1, 0.15) is 25.7 Å². The lowest BCUT2D eigenvalue weighted by Gasteiger charge is -2.09. The molecular weight excluding hydrogens is 221 g/mol. The molecule has 0 heterocycles. The molecule has 0 N–H and O–H groups in total. The molecule has 0 aliphatic heterocycles. The summed E-state index contributed by atoms with van der Waals surface area (Å²) in [7, 11) is -3.47. The largest absolute Gasteiger partial charge is 0.314 e. The van der Waals surface area contributed by atoms with Gasteiger partial charge in [0, 0.05) is 0 Å². The topological polar surface area (TPSA) is 0 Å². The lowest BCUT2D eigenvalue weighted by atomic mass is 10.2. The van der Waals surface area contributed by atoms with Gasteiger partial charge in [-0.2, -0.15) is 0 Å². The fraction of sp³-hybridized carbons (Fsp3) is 1.00. The minimum atomic E-state index is -2.35. The van der Waals surface area contributed by atoms with Crippen LogP contribution in [0, 0.1) is 0 Å². The maximum Gasteiger partial charge on any atom is 0.240 e. The van der Waals surface area contributed by atoms with Crippen molar-refractivity contribution in [3.8, 4) is 0 Å². The Morgan fingerprint density at radius 1 is 1.07 bits per heavy atom. The molecule has 0 fully saturated rings. The number of hydrogen-bond acceptors (Lipinski definition) is 0. The summed E-state index contributed by atoms with van der Waals surface area (Å²) in [6.45, 7) is 3.44. The molecule has 0 unspecified atom stereocenters. The van der Waals surface area contributed by atoms with Gasteiger partial charge in [-0.1, -0.05) is 31.7 Å². The van der Waals surface area contributed by atoms with Crippen LogP contribution >= 0.6 is 0 Å². The minimum absolute atomic E-state index is 0.722. The minimum Gasteiger partial charge on any atom is -0.314 e. The first kappa shape index (κ1) is 14.2. The smallest absolute Gasteiger partial charge is 0.240 e. The van der Waals surface area contributed by atoms with E-state index in [-0.39, 0.29) is 0 Å². The molecule has 0 aromatic heterocycles. The molecule has 0 saturated carbocycles. The fourth-order valence-corrected chi connectivity index (χ4v) is 3.42. The Labute approximate surface area is 88.3 Å². The van der Waals surface area contributed by atoms with E-state index in [0.717, 1.165) is 37.8 Å². The number of unbranched alkanes of at least 4 members (excludes halogenated alkanes) is 3. The Hall–Kier alpha value is 0.224. The van der Waals surface area contributed by atoms with Crippen molar-refractivity contribution >= 4 is 17.9 Å². The van der Waals surface area contributed by atoms with E-state index in [1.165, 1.54) is 0 Å². The van der Waals surface area contributed by atoms with Crippen LogP contribution in [0.4, 0.5) is 12.9 Å². The van der Waals surface area contributed by atoms with E-state index in [9.17, 15) is 12.9 Å². The maximum atomic E-state index is 13.1. The Balaban J connectivity index is 3.07. The second kappa shape index (κ2) is 7.51. The van der Waals surface area contributed by atoms with Crippen LogP contribution in [0.15, 0.2) is 0 Å². The highest BCUT2D eigenvalue weighted by atomic mass is 28.4. The van der Waals surface area contributed by atoms with Crippen molar-refractivity contribution < 1.29 is 12.9 Å². The van der Waals surface area contributed by atoms with Gasteiger partial charge >= 0.3 is 0 Å². The number of rotatable bonds is 8. The van der Waals surface area contributed by atoms with Crippen LogP contribution in [-0.4, -0.2) is 24.0 Å². The van der Waals surface area contributed by atoms with Crippen molar-refractivity contribution in [3.05, 3.63) is 0 Å². The Kier molecular flexibility index (Phi) is 7.63. The summed E-state index contributed by atoms with van der Waals surface area (Å²) in [6.07, 6.45) is 3.87. The molecule has 0 amide bonds. The SMILES string of the molecule is C[Si](C)(F)CCCCCC[SiH2]C(F)F. The van der Waals surface area contributed by atoms with Crippen molar-refractivity contribution in [2.45, 2.75) is 56.9 Å². The second-order valence-corrected chi connectivity index (χ2v) is 10.3. The van der Waals surface area contributed by atoms with Gasteiger partial charge in [0.05, 0.1) is 0 Å². The highest BCUT2D eigenvalue weighted by molar-refractivity contribution is 6.70. The molecule has 0 aromatic carbocycles. The van der Waals surface area contributed by atoms with Crippen LogP contribution < -0.4 is 0 Å². The zero-order valence-electron chi connectivity index (χ0n) is 9.16. The molecule has 14 heavy (non-hydrogen) atoms. The average Bonchev–Trinajstić information content (AvgIpc) is 2.00. The molecule has 0 aromatic rings. The van der Waals surface area contributed by atoms with Crippen LogP contribution in [0.3, 0.4) is 0 Å². The fourth-order valence-electron chi connectivity index (χ4n) is 1.37. The first-order chi connectivity index (χ1) is 6.42. The zero-order valence-corrected chi connectivity index (χ0v) is 11.6. The molecule has 0 atom stereocenters. The summed E-state index contributed by atoms with van der Waals surface area (Å²) in [5.74, 6) is 0. The predicted molar refractivity (Wildman–Crippen MR) is 61.2 cm³/mol. The van der Waals surface area contributed by atoms with Gasteiger partial charge in [0.2, 0.25) is 14.5 Å². The van der Waals surface area contributed by atoms with Crippen LogP contribution in [0.2, 0.25) is 25.2 Å². The third-order valence-corrected chi connectivity index (χ3v) is 5.08. The molecule has 0 rings (SSSR count). The monoisotopic (exact) mass is 242 g/mol. The van der Waals surface area contributed by atoms with Gasteiger partial charge in [-0.05, 0) is 19.1 Å². The summed E-state index contributed by atoms with van der Waals surface area (Å²) in [5, 5.41) is 0. The van der Waals surface area contributed by atoms with Gasteiger partial charge in [-0.25, -0.2) is 8.78 Å². The quantitative estimate of drug-likeness (QED) is 0.347. The van der Waals surface area contributed by atoms with Gasteiger partial charge in [0.15, 0.2) is 0 Å². The first-order valence-corrected chi connectivity index (χ1v) is 10.3. The molecular formula is C9H21F3Si2. The van der Waals surface area contributed by atoms with Crippen LogP contribution in [0.25, 0.3) is 0 Å². The van der Waals surface area contributed by atoms with E-state index in [2.05, 4.69) is 0 Å². The van der Waals surface area contributed by atoms with Crippen molar-refractivity contribution in [3.63, 3.8) is 0 Å². The Bertz CT molecular complexity index is 135. The van der Waals surface area contributed by atoms with Crippen LogP contribution in [0.5, 0.6) is 0 Å². The van der Waals surface area contributed by atoms with E-state index < -0.39 is 24.0 Å². The van der Waals surface area contributed by atoms with Crippen LogP contribution in [-0.2, 0) is 0 Å². The van der Waals surface area contributed by atoms with E-state index in [1.807, 2.05) is 0 Å². The third-order valence-electron chi connectivity index (χ3n) is 2.19. The Morgan fingerprint density at radius 3 is 2.14 bits per heavy atom. The number of alkyl halides is 2.